The zero-order chi connectivity index (χ0) is 14.5. The molecule has 4 N–H and O–H groups in total. The molecule has 0 bridgehead atoms. The van der Waals surface area contributed by atoms with Crippen LogP contribution in [0, 0.1) is 6.92 Å². The van der Waals surface area contributed by atoms with Crippen molar-refractivity contribution >= 4 is 5.91 Å². The van der Waals surface area contributed by atoms with Gasteiger partial charge in [0.2, 0.25) is 5.91 Å². The molecule has 2 heterocycles. The molecule has 0 aliphatic rings. The number of H-pyrrole nitrogens is 3. The minimum Gasteiger partial charge on any atom is -0.350 e. The van der Waals surface area contributed by atoms with Gasteiger partial charge in [0, 0.05) is 23.9 Å². The lowest BCUT2D eigenvalue weighted by Crippen LogP contribution is -2.29. The summed E-state index contributed by atoms with van der Waals surface area (Å²) in [4.78, 5) is 39.0. The molecule has 2 aromatic heterocycles. The van der Waals surface area contributed by atoms with Crippen molar-refractivity contribution in [3.8, 4) is 0 Å². The first-order chi connectivity index (χ1) is 9.56. The Labute approximate surface area is 113 Å². The molecule has 0 saturated carbocycles. The van der Waals surface area contributed by atoms with E-state index in [1.54, 1.807) is 19.2 Å². The van der Waals surface area contributed by atoms with Gasteiger partial charge < -0.3 is 10.3 Å². The van der Waals surface area contributed by atoms with Crippen molar-refractivity contribution in [3.63, 3.8) is 0 Å². The molecule has 0 saturated heterocycles. The smallest absolute Gasteiger partial charge is 0.325 e. The predicted octanol–water partition coefficient (Wildman–Crippen LogP) is -0.656. The minimum absolute atomic E-state index is 0.171. The average Bonchev–Trinajstić information content (AvgIpc) is 2.88. The second-order valence-corrected chi connectivity index (χ2v) is 4.37. The van der Waals surface area contributed by atoms with Gasteiger partial charge in [0.1, 0.15) is 0 Å². The van der Waals surface area contributed by atoms with Crippen molar-refractivity contribution in [2.45, 2.75) is 26.3 Å². The number of aromatic amines is 3. The van der Waals surface area contributed by atoms with E-state index in [-0.39, 0.29) is 18.7 Å². The standard InChI is InChI=1S/C12H15N5O3/c1-7-9(11(19)16-12(20)15-7)2-3-10(18)13-6-8-4-5-14-17-8/h4-5H,2-3,6H2,1H3,(H,13,18)(H,14,17)(H2,15,16,19,20). The molecular formula is C12H15N5O3. The summed E-state index contributed by atoms with van der Waals surface area (Å²) in [5, 5.41) is 9.21. The molecule has 106 valence electrons. The van der Waals surface area contributed by atoms with Crippen LogP contribution in [0.25, 0.3) is 0 Å². The highest BCUT2D eigenvalue weighted by molar-refractivity contribution is 5.76. The van der Waals surface area contributed by atoms with Crippen molar-refractivity contribution in [2.75, 3.05) is 0 Å². The first-order valence-corrected chi connectivity index (χ1v) is 6.13. The Morgan fingerprint density at radius 2 is 2.15 bits per heavy atom. The number of hydrogen-bond acceptors (Lipinski definition) is 4. The first-order valence-electron chi connectivity index (χ1n) is 6.13. The Hall–Kier alpha value is -2.64. The van der Waals surface area contributed by atoms with E-state index in [9.17, 15) is 14.4 Å². The fraction of sp³-hybridized carbons (Fsp3) is 0.333. The van der Waals surface area contributed by atoms with E-state index in [2.05, 4.69) is 25.5 Å². The molecule has 0 unspecified atom stereocenters. The number of aromatic nitrogens is 4. The van der Waals surface area contributed by atoms with Crippen molar-refractivity contribution in [2.24, 2.45) is 0 Å². The SMILES string of the molecule is Cc1[nH]c(=O)[nH]c(=O)c1CCC(=O)NCc1ccn[nH]1. The number of nitrogens with zero attached hydrogens (tertiary/aromatic N) is 1. The van der Waals surface area contributed by atoms with Crippen LogP contribution >= 0.6 is 0 Å². The minimum atomic E-state index is -0.542. The second-order valence-electron chi connectivity index (χ2n) is 4.37. The van der Waals surface area contributed by atoms with Crippen molar-refractivity contribution in [1.29, 1.82) is 0 Å². The highest BCUT2D eigenvalue weighted by Gasteiger charge is 2.09. The number of carbonyl (C=O) groups excluding carboxylic acids is 1. The normalized spacial score (nSPS) is 10.4. The quantitative estimate of drug-likeness (QED) is 0.579. The third-order valence-corrected chi connectivity index (χ3v) is 2.89. The number of amides is 1. The lowest BCUT2D eigenvalue weighted by Gasteiger charge is -2.05. The van der Waals surface area contributed by atoms with Crippen molar-refractivity contribution in [3.05, 3.63) is 50.1 Å². The highest BCUT2D eigenvalue weighted by Crippen LogP contribution is 2.00. The van der Waals surface area contributed by atoms with Gasteiger partial charge in [-0.05, 0) is 19.4 Å². The summed E-state index contributed by atoms with van der Waals surface area (Å²) in [7, 11) is 0. The number of carbonyl (C=O) groups is 1. The van der Waals surface area contributed by atoms with Gasteiger partial charge in [-0.25, -0.2) is 4.79 Å². The van der Waals surface area contributed by atoms with Gasteiger partial charge in [-0.1, -0.05) is 0 Å². The van der Waals surface area contributed by atoms with E-state index < -0.39 is 11.2 Å². The molecule has 8 nitrogen and oxygen atoms in total. The van der Waals surface area contributed by atoms with E-state index in [1.807, 2.05) is 0 Å². The third kappa shape index (κ3) is 3.44. The summed E-state index contributed by atoms with van der Waals surface area (Å²) in [5.74, 6) is -0.176. The molecule has 2 rings (SSSR count). The maximum absolute atomic E-state index is 11.7. The van der Waals surface area contributed by atoms with Crippen molar-refractivity contribution in [1.82, 2.24) is 25.5 Å². The Kier molecular flexibility index (Phi) is 4.14. The largest absolute Gasteiger partial charge is 0.350 e. The summed E-state index contributed by atoms with van der Waals surface area (Å²) in [5.41, 5.74) is 0.713. The van der Waals surface area contributed by atoms with Gasteiger partial charge in [-0.15, -0.1) is 0 Å². The Morgan fingerprint density at radius 1 is 1.35 bits per heavy atom. The molecule has 8 heteroatoms. The van der Waals surface area contributed by atoms with Crippen LogP contribution in [0.1, 0.15) is 23.4 Å². The molecule has 0 fully saturated rings. The molecule has 0 aliphatic heterocycles. The van der Waals surface area contributed by atoms with Crippen LogP contribution < -0.4 is 16.6 Å². The van der Waals surface area contributed by atoms with Crippen LogP contribution in [0.4, 0.5) is 0 Å². The van der Waals surface area contributed by atoms with E-state index in [4.69, 9.17) is 0 Å². The summed E-state index contributed by atoms with van der Waals surface area (Å²) in [6, 6.07) is 1.76. The summed E-state index contributed by atoms with van der Waals surface area (Å²) in [6.45, 7) is 1.99. The molecule has 0 radical (unpaired) electrons. The van der Waals surface area contributed by atoms with Crippen LogP contribution in [0.2, 0.25) is 0 Å². The topological polar surface area (TPSA) is 124 Å². The van der Waals surface area contributed by atoms with Crippen LogP contribution in [-0.2, 0) is 17.8 Å². The Morgan fingerprint density at radius 3 is 2.80 bits per heavy atom. The number of nitrogens with one attached hydrogen (secondary N) is 4. The Balaban J connectivity index is 1.90. The fourth-order valence-corrected chi connectivity index (χ4v) is 1.83. The van der Waals surface area contributed by atoms with Crippen LogP contribution in [0.5, 0.6) is 0 Å². The zero-order valence-electron chi connectivity index (χ0n) is 10.9. The summed E-state index contributed by atoms with van der Waals surface area (Å²) in [6.07, 6.45) is 2.04. The van der Waals surface area contributed by atoms with Gasteiger partial charge >= 0.3 is 5.69 Å². The van der Waals surface area contributed by atoms with Gasteiger partial charge in [-0.3, -0.25) is 19.7 Å². The first kappa shape index (κ1) is 13.8. The van der Waals surface area contributed by atoms with Gasteiger partial charge in [-0.2, -0.15) is 5.10 Å². The molecule has 0 atom stereocenters. The number of aryl methyl sites for hydroxylation is 1. The lowest BCUT2D eigenvalue weighted by molar-refractivity contribution is -0.121. The molecule has 1 amide bonds. The van der Waals surface area contributed by atoms with E-state index in [1.165, 1.54) is 0 Å². The van der Waals surface area contributed by atoms with Gasteiger partial charge in [0.15, 0.2) is 0 Å². The summed E-state index contributed by atoms with van der Waals surface area (Å²) >= 11 is 0. The van der Waals surface area contributed by atoms with E-state index in [0.29, 0.717) is 17.8 Å². The maximum Gasteiger partial charge on any atom is 0.325 e. The van der Waals surface area contributed by atoms with Crippen LogP contribution in [-0.4, -0.2) is 26.1 Å². The molecular weight excluding hydrogens is 262 g/mol. The van der Waals surface area contributed by atoms with Crippen LogP contribution in [0.3, 0.4) is 0 Å². The van der Waals surface area contributed by atoms with Gasteiger partial charge in [0.05, 0.1) is 12.2 Å². The van der Waals surface area contributed by atoms with Gasteiger partial charge in [0.25, 0.3) is 5.56 Å². The second kappa shape index (κ2) is 6.00. The molecule has 0 spiro atoms. The molecule has 2 aromatic rings. The number of rotatable bonds is 5. The Bertz CT molecular complexity index is 699. The third-order valence-electron chi connectivity index (χ3n) is 2.89. The fourth-order valence-electron chi connectivity index (χ4n) is 1.83. The van der Waals surface area contributed by atoms with E-state index >= 15 is 0 Å². The summed E-state index contributed by atoms with van der Waals surface area (Å²) < 4.78 is 0. The lowest BCUT2D eigenvalue weighted by atomic mass is 10.1. The predicted molar refractivity (Wildman–Crippen MR) is 71.2 cm³/mol. The molecule has 0 aliphatic carbocycles. The molecule has 20 heavy (non-hydrogen) atoms. The maximum atomic E-state index is 11.7. The highest BCUT2D eigenvalue weighted by atomic mass is 16.2. The van der Waals surface area contributed by atoms with Crippen molar-refractivity contribution < 1.29 is 4.79 Å². The number of hydrogen-bond donors (Lipinski definition) is 4. The monoisotopic (exact) mass is 277 g/mol. The van der Waals surface area contributed by atoms with Crippen LogP contribution in [0.15, 0.2) is 21.9 Å². The zero-order valence-corrected chi connectivity index (χ0v) is 10.9. The average molecular weight is 277 g/mol. The molecule has 0 aromatic carbocycles. The van der Waals surface area contributed by atoms with E-state index in [0.717, 1.165) is 5.69 Å².